The van der Waals surface area contributed by atoms with Gasteiger partial charge >= 0.3 is 0 Å². The Kier molecular flexibility index (Phi) is 4.84. The van der Waals surface area contributed by atoms with Gasteiger partial charge in [-0.2, -0.15) is 5.26 Å². The van der Waals surface area contributed by atoms with Crippen LogP contribution in [0.3, 0.4) is 0 Å². The highest BCUT2D eigenvalue weighted by Gasteiger charge is 2.11. The minimum absolute atomic E-state index is 0.324. The van der Waals surface area contributed by atoms with E-state index >= 15 is 0 Å². The van der Waals surface area contributed by atoms with Gasteiger partial charge < -0.3 is 4.74 Å². The summed E-state index contributed by atoms with van der Waals surface area (Å²) in [7, 11) is 0. The van der Waals surface area contributed by atoms with E-state index in [0.717, 1.165) is 28.0 Å². The van der Waals surface area contributed by atoms with E-state index in [0.29, 0.717) is 23.5 Å². The SMILES string of the molecule is C=C(OCC)c1ccc(-c2ccc3ncc(-c4ccc(C#N)cc4)n3c2)cc1F. The summed E-state index contributed by atoms with van der Waals surface area (Å²) in [5.74, 6) is -0.0521. The van der Waals surface area contributed by atoms with Crippen molar-refractivity contribution in [2.24, 2.45) is 0 Å². The summed E-state index contributed by atoms with van der Waals surface area (Å²) in [6, 6.07) is 18.3. The minimum atomic E-state index is -0.376. The van der Waals surface area contributed by atoms with Crippen molar-refractivity contribution in [3.05, 3.63) is 90.5 Å². The van der Waals surface area contributed by atoms with Crippen LogP contribution in [-0.2, 0) is 4.74 Å². The molecule has 0 aliphatic carbocycles. The van der Waals surface area contributed by atoms with Gasteiger partial charge in [0.15, 0.2) is 0 Å². The van der Waals surface area contributed by atoms with Crippen LogP contribution < -0.4 is 0 Å². The summed E-state index contributed by atoms with van der Waals surface area (Å²) in [5, 5.41) is 8.99. The zero-order valence-electron chi connectivity index (χ0n) is 15.9. The zero-order valence-corrected chi connectivity index (χ0v) is 15.9. The smallest absolute Gasteiger partial charge is 0.137 e. The van der Waals surface area contributed by atoms with Crippen LogP contribution in [0.1, 0.15) is 18.1 Å². The van der Waals surface area contributed by atoms with E-state index in [2.05, 4.69) is 17.6 Å². The molecule has 2 aromatic heterocycles. The molecule has 142 valence electrons. The van der Waals surface area contributed by atoms with Gasteiger partial charge in [0.25, 0.3) is 0 Å². The number of nitrogens with zero attached hydrogens (tertiary/aromatic N) is 3. The summed E-state index contributed by atoms with van der Waals surface area (Å²) in [5.41, 5.74) is 5.20. The highest BCUT2D eigenvalue weighted by atomic mass is 19.1. The predicted octanol–water partition coefficient (Wildman–Crippen LogP) is 5.69. The van der Waals surface area contributed by atoms with Crippen molar-refractivity contribution in [3.8, 4) is 28.5 Å². The molecule has 2 heterocycles. The van der Waals surface area contributed by atoms with E-state index in [1.165, 1.54) is 6.07 Å². The lowest BCUT2D eigenvalue weighted by atomic mass is 10.0. The lowest BCUT2D eigenvalue weighted by Gasteiger charge is -2.10. The first-order chi connectivity index (χ1) is 14.1. The minimum Gasteiger partial charge on any atom is -0.494 e. The van der Waals surface area contributed by atoms with E-state index in [1.807, 2.05) is 47.9 Å². The number of imidazole rings is 1. The molecular weight excluding hydrogens is 365 g/mol. The normalized spacial score (nSPS) is 10.7. The molecule has 4 aromatic rings. The lowest BCUT2D eigenvalue weighted by molar-refractivity contribution is 0.297. The molecular formula is C24H18FN3O. The topological polar surface area (TPSA) is 50.3 Å². The number of rotatable bonds is 5. The molecule has 0 radical (unpaired) electrons. The van der Waals surface area contributed by atoms with Gasteiger partial charge in [-0.15, -0.1) is 0 Å². The van der Waals surface area contributed by atoms with E-state index in [1.54, 1.807) is 24.4 Å². The number of fused-ring (bicyclic) bond motifs is 1. The molecule has 0 bridgehead atoms. The molecule has 0 N–H and O–H groups in total. The van der Waals surface area contributed by atoms with Gasteiger partial charge in [0.1, 0.15) is 17.2 Å². The largest absolute Gasteiger partial charge is 0.494 e. The zero-order chi connectivity index (χ0) is 20.4. The van der Waals surface area contributed by atoms with Gasteiger partial charge in [-0.3, -0.25) is 4.40 Å². The van der Waals surface area contributed by atoms with Crippen LogP contribution in [0.2, 0.25) is 0 Å². The number of benzene rings is 2. The third-order valence-electron chi connectivity index (χ3n) is 4.74. The average Bonchev–Trinajstić information content (AvgIpc) is 3.17. The number of aromatic nitrogens is 2. The Morgan fingerprint density at radius 1 is 1.10 bits per heavy atom. The average molecular weight is 383 g/mol. The second-order valence-electron chi connectivity index (χ2n) is 6.53. The van der Waals surface area contributed by atoms with Crippen LogP contribution in [0, 0.1) is 17.1 Å². The Morgan fingerprint density at radius 2 is 1.83 bits per heavy atom. The Morgan fingerprint density at radius 3 is 2.52 bits per heavy atom. The molecule has 4 rings (SSSR count). The molecule has 0 amide bonds. The van der Waals surface area contributed by atoms with Crippen LogP contribution in [0.5, 0.6) is 0 Å². The third-order valence-corrected chi connectivity index (χ3v) is 4.74. The van der Waals surface area contributed by atoms with Gasteiger partial charge in [0.05, 0.1) is 35.7 Å². The maximum atomic E-state index is 14.6. The van der Waals surface area contributed by atoms with Gasteiger partial charge in [0.2, 0.25) is 0 Å². The highest BCUT2D eigenvalue weighted by Crippen LogP contribution is 2.28. The molecule has 0 atom stereocenters. The monoisotopic (exact) mass is 383 g/mol. The fourth-order valence-corrected chi connectivity index (χ4v) is 3.25. The van der Waals surface area contributed by atoms with Crippen LogP contribution in [0.4, 0.5) is 4.39 Å². The molecule has 4 nitrogen and oxygen atoms in total. The Hall–Kier alpha value is -3.91. The van der Waals surface area contributed by atoms with Crippen LogP contribution in [0.15, 0.2) is 73.6 Å². The second-order valence-corrected chi connectivity index (χ2v) is 6.53. The third kappa shape index (κ3) is 3.48. The Bertz CT molecular complexity index is 1250. The second kappa shape index (κ2) is 7.61. The van der Waals surface area contributed by atoms with Crippen molar-refractivity contribution in [3.63, 3.8) is 0 Å². The lowest BCUT2D eigenvalue weighted by Crippen LogP contribution is -1.95. The van der Waals surface area contributed by atoms with Crippen LogP contribution in [-0.4, -0.2) is 16.0 Å². The first-order valence-corrected chi connectivity index (χ1v) is 9.20. The Balaban J connectivity index is 1.75. The molecule has 0 saturated carbocycles. The fraction of sp³-hybridized carbons (Fsp3) is 0.0833. The van der Waals surface area contributed by atoms with Gasteiger partial charge in [-0.25, -0.2) is 9.37 Å². The molecule has 5 heteroatoms. The van der Waals surface area contributed by atoms with Crippen LogP contribution in [0.25, 0.3) is 33.8 Å². The first-order valence-electron chi connectivity index (χ1n) is 9.20. The maximum Gasteiger partial charge on any atom is 0.137 e. The molecule has 29 heavy (non-hydrogen) atoms. The number of hydrogen-bond donors (Lipinski definition) is 0. The predicted molar refractivity (Wildman–Crippen MR) is 111 cm³/mol. The van der Waals surface area contributed by atoms with Crippen molar-refractivity contribution in [2.75, 3.05) is 6.61 Å². The van der Waals surface area contributed by atoms with Crippen LogP contribution >= 0.6 is 0 Å². The molecule has 0 unspecified atom stereocenters. The molecule has 0 saturated heterocycles. The summed E-state index contributed by atoms with van der Waals surface area (Å²) in [6.45, 7) is 6.05. The standard InChI is InChI=1S/C24H18FN3O/c1-3-29-16(2)21-10-8-19(12-22(21)25)20-9-11-24-27-14-23(28(24)15-20)18-6-4-17(13-26)5-7-18/h4-12,14-15H,2-3H2,1H3. The number of hydrogen-bond acceptors (Lipinski definition) is 3. The summed E-state index contributed by atoms with van der Waals surface area (Å²) in [4.78, 5) is 4.44. The number of ether oxygens (including phenoxy) is 1. The molecule has 0 fully saturated rings. The van der Waals surface area contributed by atoms with Gasteiger partial charge in [-0.1, -0.05) is 24.8 Å². The van der Waals surface area contributed by atoms with Crippen molar-refractivity contribution in [1.82, 2.24) is 9.38 Å². The first kappa shape index (κ1) is 18.5. The van der Waals surface area contributed by atoms with E-state index in [-0.39, 0.29) is 5.82 Å². The summed E-state index contributed by atoms with van der Waals surface area (Å²) < 4.78 is 21.9. The molecule has 2 aromatic carbocycles. The van der Waals surface area contributed by atoms with Gasteiger partial charge in [0, 0.05) is 11.8 Å². The van der Waals surface area contributed by atoms with E-state index in [9.17, 15) is 4.39 Å². The quantitative estimate of drug-likeness (QED) is 0.416. The fourth-order valence-electron chi connectivity index (χ4n) is 3.25. The number of nitriles is 1. The van der Waals surface area contributed by atoms with Crippen molar-refractivity contribution >= 4 is 11.4 Å². The molecule has 0 aliphatic rings. The van der Waals surface area contributed by atoms with E-state index < -0.39 is 0 Å². The van der Waals surface area contributed by atoms with Crippen molar-refractivity contribution in [2.45, 2.75) is 6.92 Å². The van der Waals surface area contributed by atoms with Crippen molar-refractivity contribution in [1.29, 1.82) is 5.26 Å². The van der Waals surface area contributed by atoms with Gasteiger partial charge in [-0.05, 0) is 54.4 Å². The summed E-state index contributed by atoms with van der Waals surface area (Å²) in [6.07, 6.45) is 3.72. The number of pyridine rings is 1. The number of halogens is 1. The summed E-state index contributed by atoms with van der Waals surface area (Å²) >= 11 is 0. The highest BCUT2D eigenvalue weighted by molar-refractivity contribution is 5.71. The Labute approximate surface area is 168 Å². The molecule has 0 aliphatic heterocycles. The van der Waals surface area contributed by atoms with E-state index in [4.69, 9.17) is 10.00 Å². The molecule has 0 spiro atoms. The van der Waals surface area contributed by atoms with Crippen molar-refractivity contribution < 1.29 is 9.13 Å². The maximum absolute atomic E-state index is 14.6.